The molecule has 24 heavy (non-hydrogen) atoms. The molecule has 0 radical (unpaired) electrons. The van der Waals surface area contributed by atoms with Gasteiger partial charge in [-0.05, 0) is 30.7 Å². The van der Waals surface area contributed by atoms with Gasteiger partial charge >= 0.3 is 0 Å². The Balaban J connectivity index is 1.72. The average Bonchev–Trinajstić information content (AvgIpc) is 3.18. The number of benzene rings is 2. The van der Waals surface area contributed by atoms with E-state index < -0.39 is 5.79 Å². The molecule has 4 rings (SSSR count). The van der Waals surface area contributed by atoms with Gasteiger partial charge in [-0.2, -0.15) is 0 Å². The van der Waals surface area contributed by atoms with Crippen LogP contribution in [0, 0.1) is 5.92 Å². The monoisotopic (exact) mass is 345 g/mol. The number of hydrogen-bond donors (Lipinski definition) is 1. The Labute approximate surface area is 146 Å². The summed E-state index contributed by atoms with van der Waals surface area (Å²) in [6.07, 6.45) is 0.684. The van der Waals surface area contributed by atoms with Gasteiger partial charge in [-0.25, -0.2) is 0 Å². The molecule has 5 heteroatoms. The van der Waals surface area contributed by atoms with Crippen LogP contribution in [0.25, 0.3) is 0 Å². The van der Waals surface area contributed by atoms with E-state index in [2.05, 4.69) is 5.32 Å². The van der Waals surface area contributed by atoms with Crippen LogP contribution in [0.5, 0.6) is 0 Å². The lowest BCUT2D eigenvalue weighted by Gasteiger charge is -2.35. The number of ether oxygens (including phenoxy) is 3. The molecule has 4 atom stereocenters. The van der Waals surface area contributed by atoms with Crippen LogP contribution >= 0.6 is 11.6 Å². The van der Waals surface area contributed by atoms with Gasteiger partial charge in [-0.15, -0.1) is 0 Å². The van der Waals surface area contributed by atoms with Crippen LogP contribution in [0.2, 0.25) is 5.02 Å². The molecule has 0 aromatic heterocycles. The van der Waals surface area contributed by atoms with Crippen molar-refractivity contribution >= 4 is 17.3 Å². The van der Waals surface area contributed by atoms with E-state index in [0.717, 1.165) is 17.7 Å². The van der Waals surface area contributed by atoms with Crippen molar-refractivity contribution in [1.29, 1.82) is 0 Å². The highest BCUT2D eigenvalue weighted by Gasteiger charge is 2.59. The highest BCUT2D eigenvalue weighted by molar-refractivity contribution is 6.30. The highest BCUT2D eigenvalue weighted by atomic mass is 35.5. The minimum atomic E-state index is -0.878. The molecule has 2 aromatic rings. The van der Waals surface area contributed by atoms with Gasteiger partial charge in [0.15, 0.2) is 6.29 Å². The zero-order valence-electron chi connectivity index (χ0n) is 13.4. The molecule has 0 aliphatic carbocycles. The second-order valence-corrected chi connectivity index (χ2v) is 6.61. The molecule has 0 saturated carbocycles. The van der Waals surface area contributed by atoms with Crippen molar-refractivity contribution in [2.24, 2.45) is 5.92 Å². The molecular formula is C19H20ClNO3. The summed E-state index contributed by atoms with van der Waals surface area (Å²) in [4.78, 5) is 0. The van der Waals surface area contributed by atoms with E-state index >= 15 is 0 Å². The quantitative estimate of drug-likeness (QED) is 0.908. The molecule has 2 aliphatic rings. The van der Waals surface area contributed by atoms with Crippen molar-refractivity contribution in [1.82, 2.24) is 0 Å². The number of nitrogens with one attached hydrogen (secondary N) is 1. The van der Waals surface area contributed by atoms with E-state index in [9.17, 15) is 0 Å². The Morgan fingerprint density at radius 2 is 1.88 bits per heavy atom. The first-order chi connectivity index (χ1) is 11.7. The maximum Gasteiger partial charge on any atom is 0.218 e. The Morgan fingerprint density at radius 3 is 2.58 bits per heavy atom. The number of anilines is 1. The van der Waals surface area contributed by atoms with Crippen LogP contribution in [0.1, 0.15) is 12.0 Å². The molecule has 0 bridgehead atoms. The van der Waals surface area contributed by atoms with Crippen LogP contribution < -0.4 is 5.32 Å². The second kappa shape index (κ2) is 6.37. The number of halogens is 1. The highest BCUT2D eigenvalue weighted by Crippen LogP contribution is 2.48. The molecule has 2 aliphatic heterocycles. The van der Waals surface area contributed by atoms with E-state index in [1.807, 2.05) is 54.6 Å². The fraction of sp³-hybridized carbons (Fsp3) is 0.368. The van der Waals surface area contributed by atoms with Crippen molar-refractivity contribution in [3.05, 3.63) is 65.2 Å². The minimum Gasteiger partial charge on any atom is -0.376 e. The van der Waals surface area contributed by atoms with E-state index in [-0.39, 0.29) is 18.2 Å². The summed E-state index contributed by atoms with van der Waals surface area (Å²) in [5.41, 5.74) is 1.97. The van der Waals surface area contributed by atoms with Crippen LogP contribution in [-0.2, 0) is 20.0 Å². The Bertz CT molecular complexity index is 694. The van der Waals surface area contributed by atoms with Gasteiger partial charge in [0.1, 0.15) is 0 Å². The average molecular weight is 346 g/mol. The standard InChI is InChI=1S/C19H20ClNO3/c1-22-19(13-5-3-2-4-6-13)17(16-11-12-23-18(16)24-19)21-15-9-7-14(20)8-10-15/h2-10,16-18,21H,11-12H2,1H3/t16-,17-,18+,19+/m1/s1. The zero-order valence-corrected chi connectivity index (χ0v) is 14.2. The molecule has 126 valence electrons. The summed E-state index contributed by atoms with van der Waals surface area (Å²) in [5.74, 6) is -0.655. The predicted octanol–water partition coefficient (Wildman–Crippen LogP) is 4.01. The van der Waals surface area contributed by atoms with E-state index in [4.69, 9.17) is 25.8 Å². The number of hydrogen-bond acceptors (Lipinski definition) is 4. The number of methoxy groups -OCH3 is 1. The topological polar surface area (TPSA) is 39.7 Å². The Morgan fingerprint density at radius 1 is 1.12 bits per heavy atom. The maximum atomic E-state index is 6.28. The first kappa shape index (κ1) is 15.9. The molecule has 0 spiro atoms. The van der Waals surface area contributed by atoms with Gasteiger partial charge in [0.25, 0.3) is 0 Å². The summed E-state index contributed by atoms with van der Waals surface area (Å²) >= 11 is 6.00. The van der Waals surface area contributed by atoms with E-state index in [0.29, 0.717) is 11.6 Å². The molecule has 2 saturated heterocycles. The Kier molecular flexibility index (Phi) is 4.22. The van der Waals surface area contributed by atoms with E-state index in [1.165, 1.54) is 0 Å². The Hall–Kier alpha value is -1.59. The van der Waals surface area contributed by atoms with Crippen molar-refractivity contribution in [2.45, 2.75) is 24.5 Å². The molecule has 2 heterocycles. The molecular weight excluding hydrogens is 326 g/mol. The van der Waals surface area contributed by atoms with Gasteiger partial charge in [-0.1, -0.05) is 41.9 Å². The first-order valence-corrected chi connectivity index (χ1v) is 8.53. The summed E-state index contributed by atoms with van der Waals surface area (Å²) < 4.78 is 18.0. The molecule has 1 N–H and O–H groups in total. The van der Waals surface area contributed by atoms with Crippen LogP contribution in [0.4, 0.5) is 5.69 Å². The summed E-state index contributed by atoms with van der Waals surface area (Å²) in [6.45, 7) is 0.711. The third-order valence-corrected chi connectivity index (χ3v) is 5.11. The lowest BCUT2D eigenvalue weighted by molar-refractivity contribution is -0.267. The van der Waals surface area contributed by atoms with Crippen molar-refractivity contribution in [3.8, 4) is 0 Å². The molecule has 0 unspecified atom stereocenters. The van der Waals surface area contributed by atoms with Crippen LogP contribution in [-0.4, -0.2) is 26.0 Å². The fourth-order valence-electron chi connectivity index (χ4n) is 3.69. The van der Waals surface area contributed by atoms with Gasteiger partial charge < -0.3 is 19.5 Å². The molecule has 4 nitrogen and oxygen atoms in total. The van der Waals surface area contributed by atoms with Crippen LogP contribution in [0.3, 0.4) is 0 Å². The maximum absolute atomic E-state index is 6.28. The molecule has 2 fully saturated rings. The first-order valence-electron chi connectivity index (χ1n) is 8.15. The molecule has 2 aromatic carbocycles. The third kappa shape index (κ3) is 2.60. The predicted molar refractivity (Wildman–Crippen MR) is 92.9 cm³/mol. The van der Waals surface area contributed by atoms with Gasteiger partial charge in [0, 0.05) is 29.3 Å². The number of fused-ring (bicyclic) bond motifs is 1. The van der Waals surface area contributed by atoms with Crippen molar-refractivity contribution < 1.29 is 14.2 Å². The van der Waals surface area contributed by atoms with Crippen molar-refractivity contribution in [2.75, 3.05) is 19.0 Å². The lowest BCUT2D eigenvalue weighted by Crippen LogP contribution is -2.45. The van der Waals surface area contributed by atoms with E-state index in [1.54, 1.807) is 7.11 Å². The van der Waals surface area contributed by atoms with Gasteiger partial charge in [-0.3, -0.25) is 0 Å². The second-order valence-electron chi connectivity index (χ2n) is 6.18. The minimum absolute atomic E-state index is 0.0569. The normalized spacial score (nSPS) is 31.8. The molecule has 0 amide bonds. The summed E-state index contributed by atoms with van der Waals surface area (Å²) in [7, 11) is 1.69. The zero-order chi connectivity index (χ0) is 16.6. The summed E-state index contributed by atoms with van der Waals surface area (Å²) in [5, 5.41) is 4.31. The van der Waals surface area contributed by atoms with Crippen LogP contribution in [0.15, 0.2) is 54.6 Å². The summed E-state index contributed by atoms with van der Waals surface area (Å²) in [6, 6.07) is 17.7. The third-order valence-electron chi connectivity index (χ3n) is 4.86. The largest absolute Gasteiger partial charge is 0.376 e. The lowest BCUT2D eigenvalue weighted by atomic mass is 9.89. The van der Waals surface area contributed by atoms with Gasteiger partial charge in [0.2, 0.25) is 5.79 Å². The fourth-order valence-corrected chi connectivity index (χ4v) is 3.82. The van der Waals surface area contributed by atoms with Crippen molar-refractivity contribution in [3.63, 3.8) is 0 Å². The SMILES string of the molecule is CO[C@@]1(c2ccccc2)O[C@@H]2OCC[C@@H]2[C@H]1Nc1ccc(Cl)cc1. The smallest absolute Gasteiger partial charge is 0.218 e. The number of rotatable bonds is 4. The van der Waals surface area contributed by atoms with Gasteiger partial charge in [0.05, 0.1) is 12.6 Å².